The van der Waals surface area contributed by atoms with Gasteiger partial charge in [-0.05, 0) is 45.3 Å². The Morgan fingerprint density at radius 3 is 2.70 bits per heavy atom. The zero-order chi connectivity index (χ0) is 14.1. The number of nitrogens with two attached hydrogens (primary N) is 1. The second-order valence-electron chi connectivity index (χ2n) is 4.57. The molecule has 4 heteroatoms. The first kappa shape index (κ1) is 13.6. The van der Waals surface area contributed by atoms with Crippen molar-refractivity contribution in [3.8, 4) is 0 Å². The Morgan fingerprint density at radius 2 is 1.90 bits per heavy atom. The van der Waals surface area contributed by atoms with Crippen LogP contribution in [0.15, 0.2) is 59.2 Å². The van der Waals surface area contributed by atoms with Crippen molar-refractivity contribution >= 4 is 38.4 Å². The Morgan fingerprint density at radius 1 is 1.10 bits per heavy atom. The van der Waals surface area contributed by atoms with Gasteiger partial charge in [-0.25, -0.2) is 0 Å². The summed E-state index contributed by atoms with van der Waals surface area (Å²) in [5.74, 6) is 0. The van der Waals surface area contributed by atoms with E-state index in [4.69, 9.17) is 17.3 Å². The van der Waals surface area contributed by atoms with Crippen molar-refractivity contribution in [3.63, 3.8) is 0 Å². The molecule has 0 aliphatic heterocycles. The zero-order valence-corrected chi connectivity index (χ0v) is 12.9. The zero-order valence-electron chi connectivity index (χ0n) is 10.6. The Kier molecular flexibility index (Phi) is 3.74. The quantitative estimate of drug-likeness (QED) is 0.730. The van der Waals surface area contributed by atoms with Gasteiger partial charge in [0.1, 0.15) is 0 Å². The van der Waals surface area contributed by atoms with Gasteiger partial charge in [0.15, 0.2) is 0 Å². The van der Waals surface area contributed by atoms with Crippen molar-refractivity contribution in [2.45, 2.75) is 6.04 Å². The van der Waals surface area contributed by atoms with Gasteiger partial charge in [-0.3, -0.25) is 4.98 Å². The lowest BCUT2D eigenvalue weighted by molar-refractivity contribution is 0.877. The highest BCUT2D eigenvalue weighted by Crippen LogP contribution is 2.30. The number of rotatable bonds is 2. The predicted molar refractivity (Wildman–Crippen MR) is 86.9 cm³/mol. The highest BCUT2D eigenvalue weighted by atomic mass is 79.9. The van der Waals surface area contributed by atoms with Crippen LogP contribution in [0.2, 0.25) is 5.02 Å². The number of para-hydroxylation sites is 1. The molecule has 0 bridgehead atoms. The highest BCUT2D eigenvalue weighted by molar-refractivity contribution is 9.10. The third-order valence-corrected chi connectivity index (χ3v) is 4.53. The van der Waals surface area contributed by atoms with Crippen molar-refractivity contribution in [1.82, 2.24) is 4.98 Å². The molecule has 100 valence electrons. The molecule has 1 aromatic heterocycles. The molecule has 20 heavy (non-hydrogen) atoms. The number of aromatic nitrogens is 1. The summed E-state index contributed by atoms with van der Waals surface area (Å²) in [7, 11) is 0. The standard InChI is InChI=1S/C16H12BrClN2/c17-13-7-6-11(9-14(13)18)15(19)12-5-1-3-10-4-2-8-20-16(10)12/h1-9,15H,19H2. The fourth-order valence-electron chi connectivity index (χ4n) is 2.26. The molecular weight excluding hydrogens is 336 g/mol. The molecule has 0 fully saturated rings. The predicted octanol–water partition coefficient (Wildman–Crippen LogP) is 4.70. The Balaban J connectivity index is 2.12. The fourth-order valence-corrected chi connectivity index (χ4v) is 2.70. The summed E-state index contributed by atoms with van der Waals surface area (Å²) >= 11 is 9.53. The van der Waals surface area contributed by atoms with Crippen molar-refractivity contribution in [2.24, 2.45) is 5.73 Å². The molecule has 1 unspecified atom stereocenters. The van der Waals surface area contributed by atoms with E-state index in [-0.39, 0.29) is 6.04 Å². The van der Waals surface area contributed by atoms with Crippen LogP contribution in [-0.2, 0) is 0 Å². The molecule has 0 aliphatic carbocycles. The van der Waals surface area contributed by atoms with Crippen LogP contribution < -0.4 is 5.73 Å². The highest BCUT2D eigenvalue weighted by Gasteiger charge is 2.13. The Labute approximate surface area is 130 Å². The van der Waals surface area contributed by atoms with Gasteiger partial charge in [-0.2, -0.15) is 0 Å². The molecule has 0 saturated carbocycles. The lowest BCUT2D eigenvalue weighted by Crippen LogP contribution is -2.12. The maximum absolute atomic E-state index is 6.39. The number of hydrogen-bond acceptors (Lipinski definition) is 2. The molecule has 0 saturated heterocycles. The molecule has 2 aromatic carbocycles. The van der Waals surface area contributed by atoms with Gasteiger partial charge in [0, 0.05) is 16.1 Å². The molecule has 1 heterocycles. The number of pyridine rings is 1. The van der Waals surface area contributed by atoms with Crippen molar-refractivity contribution in [1.29, 1.82) is 0 Å². The van der Waals surface area contributed by atoms with Crippen LogP contribution in [0.4, 0.5) is 0 Å². The first-order chi connectivity index (χ1) is 9.66. The first-order valence-electron chi connectivity index (χ1n) is 6.21. The van der Waals surface area contributed by atoms with Crippen LogP contribution in [0.1, 0.15) is 17.2 Å². The second-order valence-corrected chi connectivity index (χ2v) is 5.84. The van der Waals surface area contributed by atoms with Gasteiger partial charge < -0.3 is 5.73 Å². The minimum atomic E-state index is -0.251. The van der Waals surface area contributed by atoms with Crippen molar-refractivity contribution in [3.05, 3.63) is 75.4 Å². The van der Waals surface area contributed by atoms with E-state index in [9.17, 15) is 0 Å². The Bertz CT molecular complexity index is 768. The average molecular weight is 348 g/mol. The van der Waals surface area contributed by atoms with E-state index in [2.05, 4.69) is 20.9 Å². The van der Waals surface area contributed by atoms with Gasteiger partial charge in [-0.1, -0.05) is 41.9 Å². The molecule has 2 nitrogen and oxygen atoms in total. The van der Waals surface area contributed by atoms with Gasteiger partial charge in [-0.15, -0.1) is 0 Å². The van der Waals surface area contributed by atoms with Crippen LogP contribution in [-0.4, -0.2) is 4.98 Å². The SMILES string of the molecule is NC(c1ccc(Br)c(Cl)c1)c1cccc2cccnc12. The number of hydrogen-bond donors (Lipinski definition) is 1. The van der Waals surface area contributed by atoms with Crippen molar-refractivity contribution < 1.29 is 0 Å². The minimum absolute atomic E-state index is 0.251. The molecule has 0 spiro atoms. The minimum Gasteiger partial charge on any atom is -0.320 e. The number of benzene rings is 2. The van der Waals surface area contributed by atoms with Gasteiger partial charge in [0.2, 0.25) is 0 Å². The second kappa shape index (κ2) is 5.52. The number of halogens is 2. The number of nitrogens with zero attached hydrogens (tertiary/aromatic N) is 1. The van der Waals surface area contributed by atoms with E-state index in [0.29, 0.717) is 5.02 Å². The van der Waals surface area contributed by atoms with Crippen LogP contribution >= 0.6 is 27.5 Å². The summed E-state index contributed by atoms with van der Waals surface area (Å²) in [5.41, 5.74) is 9.29. The largest absolute Gasteiger partial charge is 0.320 e. The fraction of sp³-hybridized carbons (Fsp3) is 0.0625. The van der Waals surface area contributed by atoms with E-state index >= 15 is 0 Å². The Hall–Kier alpha value is -1.42. The van der Waals surface area contributed by atoms with E-state index < -0.39 is 0 Å². The van der Waals surface area contributed by atoms with Crippen LogP contribution in [0.3, 0.4) is 0 Å². The van der Waals surface area contributed by atoms with Crippen LogP contribution in [0, 0.1) is 0 Å². The summed E-state index contributed by atoms with van der Waals surface area (Å²) in [6.45, 7) is 0. The third-order valence-electron chi connectivity index (χ3n) is 3.30. The van der Waals surface area contributed by atoms with E-state index in [0.717, 1.165) is 26.5 Å². The van der Waals surface area contributed by atoms with Gasteiger partial charge >= 0.3 is 0 Å². The van der Waals surface area contributed by atoms with Gasteiger partial charge in [0.05, 0.1) is 16.6 Å². The maximum Gasteiger partial charge on any atom is 0.0753 e. The molecular formula is C16H12BrClN2. The molecule has 2 N–H and O–H groups in total. The molecule has 0 radical (unpaired) electrons. The topological polar surface area (TPSA) is 38.9 Å². The van der Waals surface area contributed by atoms with E-state index in [1.54, 1.807) is 6.20 Å². The van der Waals surface area contributed by atoms with E-state index in [1.807, 2.05) is 48.5 Å². The summed E-state index contributed by atoms with van der Waals surface area (Å²) in [6, 6.07) is 15.5. The summed E-state index contributed by atoms with van der Waals surface area (Å²) < 4.78 is 0.867. The van der Waals surface area contributed by atoms with E-state index in [1.165, 1.54) is 0 Å². The summed E-state index contributed by atoms with van der Waals surface area (Å²) in [5, 5.41) is 1.75. The normalized spacial score (nSPS) is 12.6. The molecule has 0 aliphatic rings. The maximum atomic E-state index is 6.39. The number of fused-ring (bicyclic) bond motifs is 1. The molecule has 3 rings (SSSR count). The van der Waals surface area contributed by atoms with Crippen LogP contribution in [0.25, 0.3) is 10.9 Å². The summed E-state index contributed by atoms with van der Waals surface area (Å²) in [6.07, 6.45) is 1.78. The third kappa shape index (κ3) is 2.44. The molecule has 1 atom stereocenters. The molecule has 0 amide bonds. The van der Waals surface area contributed by atoms with Crippen LogP contribution in [0.5, 0.6) is 0 Å². The van der Waals surface area contributed by atoms with Crippen molar-refractivity contribution in [2.75, 3.05) is 0 Å². The van der Waals surface area contributed by atoms with Gasteiger partial charge in [0.25, 0.3) is 0 Å². The smallest absolute Gasteiger partial charge is 0.0753 e. The molecule has 3 aromatic rings. The summed E-state index contributed by atoms with van der Waals surface area (Å²) in [4.78, 5) is 4.45. The lowest BCUT2D eigenvalue weighted by atomic mass is 9.97. The monoisotopic (exact) mass is 346 g/mol. The average Bonchev–Trinajstić information content (AvgIpc) is 2.49. The first-order valence-corrected chi connectivity index (χ1v) is 7.38. The lowest BCUT2D eigenvalue weighted by Gasteiger charge is -2.15.